The van der Waals surface area contributed by atoms with Gasteiger partial charge in [-0.05, 0) is 43.7 Å². The summed E-state index contributed by atoms with van der Waals surface area (Å²) in [5.41, 5.74) is 1.47. The van der Waals surface area contributed by atoms with E-state index in [1.807, 2.05) is 0 Å². The molecular weight excluding hydrogens is 230 g/mol. The van der Waals surface area contributed by atoms with Crippen molar-refractivity contribution in [1.82, 2.24) is 5.32 Å². The second-order valence-corrected chi connectivity index (χ2v) is 6.00. The van der Waals surface area contributed by atoms with Crippen LogP contribution in [0.4, 0.5) is 0 Å². The van der Waals surface area contributed by atoms with Crippen LogP contribution < -0.4 is 5.32 Å². The number of benzene rings is 1. The van der Waals surface area contributed by atoms with Crippen molar-refractivity contribution in [2.75, 3.05) is 6.54 Å². The first-order valence-electron chi connectivity index (χ1n) is 7.99. The molecule has 0 amide bonds. The van der Waals surface area contributed by atoms with Crippen molar-refractivity contribution < 1.29 is 0 Å². The van der Waals surface area contributed by atoms with E-state index in [1.165, 1.54) is 44.1 Å². The molecule has 1 rings (SSSR count). The molecule has 1 atom stereocenters. The van der Waals surface area contributed by atoms with Gasteiger partial charge in [-0.15, -0.1) is 0 Å². The summed E-state index contributed by atoms with van der Waals surface area (Å²) in [7, 11) is 0. The van der Waals surface area contributed by atoms with Crippen LogP contribution in [0.15, 0.2) is 30.3 Å². The van der Waals surface area contributed by atoms with Crippen molar-refractivity contribution in [1.29, 1.82) is 0 Å². The predicted molar refractivity (Wildman–Crippen MR) is 85.5 cm³/mol. The fraction of sp³-hybridized carbons (Fsp3) is 0.667. The van der Waals surface area contributed by atoms with Gasteiger partial charge < -0.3 is 5.32 Å². The summed E-state index contributed by atoms with van der Waals surface area (Å²) >= 11 is 0. The van der Waals surface area contributed by atoms with Gasteiger partial charge in [-0.2, -0.15) is 0 Å². The van der Waals surface area contributed by atoms with E-state index in [-0.39, 0.29) is 0 Å². The molecule has 0 aliphatic rings. The summed E-state index contributed by atoms with van der Waals surface area (Å²) in [6.45, 7) is 8.04. The zero-order valence-corrected chi connectivity index (χ0v) is 13.0. The number of hydrogen-bond donors (Lipinski definition) is 1. The topological polar surface area (TPSA) is 12.0 Å². The molecule has 1 unspecified atom stereocenters. The Morgan fingerprint density at radius 1 is 1.00 bits per heavy atom. The monoisotopic (exact) mass is 261 g/mol. The van der Waals surface area contributed by atoms with Crippen LogP contribution in [0.5, 0.6) is 0 Å². The van der Waals surface area contributed by atoms with Gasteiger partial charge in [-0.3, -0.25) is 0 Å². The van der Waals surface area contributed by atoms with E-state index in [4.69, 9.17) is 0 Å². The second kappa shape index (κ2) is 10.0. The highest BCUT2D eigenvalue weighted by atomic mass is 14.9. The Hall–Kier alpha value is -0.820. The predicted octanol–water partition coefficient (Wildman–Crippen LogP) is 4.81. The summed E-state index contributed by atoms with van der Waals surface area (Å²) in [5.74, 6) is 0.834. The van der Waals surface area contributed by atoms with E-state index in [0.29, 0.717) is 6.04 Å². The lowest BCUT2D eigenvalue weighted by Gasteiger charge is -2.19. The molecule has 0 aliphatic carbocycles. The molecule has 108 valence electrons. The molecule has 1 nitrogen and oxygen atoms in total. The lowest BCUT2D eigenvalue weighted by Crippen LogP contribution is -2.30. The maximum Gasteiger partial charge on any atom is 0.00702 e. The first-order valence-corrected chi connectivity index (χ1v) is 7.99. The van der Waals surface area contributed by atoms with E-state index >= 15 is 0 Å². The first-order chi connectivity index (χ1) is 9.22. The van der Waals surface area contributed by atoms with Gasteiger partial charge >= 0.3 is 0 Å². The van der Waals surface area contributed by atoms with Crippen molar-refractivity contribution >= 4 is 0 Å². The Labute approximate surface area is 119 Å². The summed E-state index contributed by atoms with van der Waals surface area (Å²) < 4.78 is 0. The highest BCUT2D eigenvalue weighted by Crippen LogP contribution is 2.13. The van der Waals surface area contributed by atoms with Crippen molar-refractivity contribution in [3.05, 3.63) is 35.9 Å². The quantitative estimate of drug-likeness (QED) is 0.637. The van der Waals surface area contributed by atoms with Gasteiger partial charge in [0.15, 0.2) is 0 Å². The number of nitrogens with one attached hydrogen (secondary N) is 1. The minimum atomic E-state index is 0.693. The highest BCUT2D eigenvalue weighted by Gasteiger charge is 2.08. The summed E-state index contributed by atoms with van der Waals surface area (Å²) in [4.78, 5) is 0. The molecule has 0 saturated carbocycles. The average Bonchev–Trinajstić information content (AvgIpc) is 2.42. The zero-order chi connectivity index (χ0) is 13.9. The molecular formula is C18H31N. The molecule has 0 heterocycles. The molecule has 0 fully saturated rings. The Morgan fingerprint density at radius 3 is 2.37 bits per heavy atom. The Bertz CT molecular complexity index is 305. The van der Waals surface area contributed by atoms with E-state index < -0.39 is 0 Å². The van der Waals surface area contributed by atoms with Crippen LogP contribution in [0.3, 0.4) is 0 Å². The summed E-state index contributed by atoms with van der Waals surface area (Å²) in [5, 5.41) is 3.71. The molecule has 1 aromatic carbocycles. The van der Waals surface area contributed by atoms with E-state index in [2.05, 4.69) is 56.4 Å². The van der Waals surface area contributed by atoms with E-state index in [0.717, 1.165) is 12.5 Å². The lowest BCUT2D eigenvalue weighted by molar-refractivity contribution is 0.417. The first kappa shape index (κ1) is 16.2. The molecule has 0 bridgehead atoms. The molecule has 0 aromatic heterocycles. The van der Waals surface area contributed by atoms with Crippen molar-refractivity contribution in [3.63, 3.8) is 0 Å². The maximum atomic E-state index is 3.71. The third-order valence-electron chi connectivity index (χ3n) is 3.64. The highest BCUT2D eigenvalue weighted by molar-refractivity contribution is 5.14. The molecule has 1 heteroatoms. The van der Waals surface area contributed by atoms with Gasteiger partial charge in [-0.25, -0.2) is 0 Å². The van der Waals surface area contributed by atoms with Gasteiger partial charge in [0.1, 0.15) is 0 Å². The minimum Gasteiger partial charge on any atom is -0.314 e. The number of hydrogen-bond acceptors (Lipinski definition) is 1. The van der Waals surface area contributed by atoms with Crippen LogP contribution in [-0.2, 0) is 6.42 Å². The normalized spacial score (nSPS) is 12.8. The molecule has 19 heavy (non-hydrogen) atoms. The zero-order valence-electron chi connectivity index (χ0n) is 13.0. The van der Waals surface area contributed by atoms with Gasteiger partial charge in [0.25, 0.3) is 0 Å². The largest absolute Gasteiger partial charge is 0.314 e. The summed E-state index contributed by atoms with van der Waals surface area (Å²) in [6, 6.07) is 11.6. The van der Waals surface area contributed by atoms with Gasteiger partial charge in [0, 0.05) is 6.04 Å². The van der Waals surface area contributed by atoms with Crippen LogP contribution >= 0.6 is 0 Å². The van der Waals surface area contributed by atoms with E-state index in [1.54, 1.807) is 0 Å². The van der Waals surface area contributed by atoms with Crippen LogP contribution in [0.2, 0.25) is 0 Å². The summed E-state index contributed by atoms with van der Waals surface area (Å²) in [6.07, 6.45) is 7.73. The van der Waals surface area contributed by atoms with Crippen molar-refractivity contribution in [2.24, 2.45) is 5.92 Å². The molecule has 1 N–H and O–H groups in total. The van der Waals surface area contributed by atoms with Crippen LogP contribution in [0.25, 0.3) is 0 Å². The number of aryl methyl sites for hydroxylation is 1. The SMILES string of the molecule is CCCNC(CCCC(C)C)CCc1ccccc1. The second-order valence-electron chi connectivity index (χ2n) is 6.00. The Kier molecular flexibility index (Phi) is 8.57. The maximum absolute atomic E-state index is 3.71. The standard InChI is InChI=1S/C18H31N/c1-4-15-19-18(12-8-9-16(2)3)14-13-17-10-6-5-7-11-17/h5-7,10-11,16,18-19H,4,8-9,12-15H2,1-3H3. The van der Waals surface area contributed by atoms with Crippen LogP contribution in [0, 0.1) is 5.92 Å². The smallest absolute Gasteiger partial charge is 0.00702 e. The fourth-order valence-corrected chi connectivity index (χ4v) is 2.45. The lowest BCUT2D eigenvalue weighted by atomic mass is 9.98. The average molecular weight is 261 g/mol. The van der Waals surface area contributed by atoms with Gasteiger partial charge in [-0.1, -0.05) is 63.9 Å². The molecule has 0 saturated heterocycles. The van der Waals surface area contributed by atoms with Gasteiger partial charge in [0.2, 0.25) is 0 Å². The Balaban J connectivity index is 2.31. The molecule has 1 aromatic rings. The fourth-order valence-electron chi connectivity index (χ4n) is 2.45. The van der Waals surface area contributed by atoms with E-state index in [9.17, 15) is 0 Å². The Morgan fingerprint density at radius 2 is 1.74 bits per heavy atom. The van der Waals surface area contributed by atoms with Crippen molar-refractivity contribution in [3.8, 4) is 0 Å². The third-order valence-corrected chi connectivity index (χ3v) is 3.64. The van der Waals surface area contributed by atoms with Crippen LogP contribution in [-0.4, -0.2) is 12.6 Å². The molecule has 0 spiro atoms. The minimum absolute atomic E-state index is 0.693. The van der Waals surface area contributed by atoms with Gasteiger partial charge in [0.05, 0.1) is 0 Å². The number of rotatable bonds is 10. The third kappa shape index (κ3) is 8.05. The molecule has 0 radical (unpaired) electrons. The molecule has 0 aliphatic heterocycles. The van der Waals surface area contributed by atoms with Crippen LogP contribution in [0.1, 0.15) is 58.4 Å². The van der Waals surface area contributed by atoms with Crippen molar-refractivity contribution in [2.45, 2.75) is 65.3 Å².